The number of aromatic amines is 1. The van der Waals surface area contributed by atoms with Crippen LogP contribution in [0.1, 0.15) is 24.0 Å². The molecule has 0 unspecified atom stereocenters. The van der Waals surface area contributed by atoms with Gasteiger partial charge in [-0.05, 0) is 48.6 Å². The van der Waals surface area contributed by atoms with Crippen LogP contribution in [0.4, 0.5) is 4.79 Å². The number of likely N-dealkylation sites (tertiary alicyclic amines) is 1. The van der Waals surface area contributed by atoms with Gasteiger partial charge in [-0.2, -0.15) is 0 Å². The number of H-pyrrole nitrogens is 1. The van der Waals surface area contributed by atoms with Gasteiger partial charge in [-0.1, -0.05) is 46.3 Å². The molecule has 134 valence electrons. The normalized spacial score (nSPS) is 17.0. The number of benzene rings is 2. The lowest BCUT2D eigenvalue weighted by atomic mass is 10.0. The van der Waals surface area contributed by atoms with Crippen molar-refractivity contribution in [1.82, 2.24) is 9.88 Å². The van der Waals surface area contributed by atoms with Crippen molar-refractivity contribution >= 4 is 32.9 Å². The quantitative estimate of drug-likeness (QED) is 0.633. The number of hydrogen-bond donors (Lipinski definition) is 1. The molecule has 1 aliphatic rings. The van der Waals surface area contributed by atoms with Crippen LogP contribution in [0.3, 0.4) is 0 Å². The highest BCUT2D eigenvalue weighted by Crippen LogP contribution is 2.28. The van der Waals surface area contributed by atoms with Crippen molar-refractivity contribution in [3.8, 4) is 0 Å². The van der Waals surface area contributed by atoms with Crippen LogP contribution >= 0.6 is 15.9 Å². The lowest BCUT2D eigenvalue weighted by Crippen LogP contribution is -2.37. The summed E-state index contributed by atoms with van der Waals surface area (Å²) in [5.41, 5.74) is 3.38. The summed E-state index contributed by atoms with van der Waals surface area (Å²) in [5, 5.41) is 1.21. The van der Waals surface area contributed by atoms with E-state index in [1.807, 2.05) is 41.3 Å². The van der Waals surface area contributed by atoms with Gasteiger partial charge in [-0.3, -0.25) is 0 Å². The van der Waals surface area contributed by atoms with E-state index < -0.39 is 0 Å². The molecule has 5 heteroatoms. The predicted molar refractivity (Wildman–Crippen MR) is 106 cm³/mol. The molecule has 0 saturated carbocycles. The zero-order chi connectivity index (χ0) is 17.9. The lowest BCUT2D eigenvalue weighted by Gasteiger charge is -2.24. The minimum Gasteiger partial charge on any atom is -0.445 e. The van der Waals surface area contributed by atoms with Crippen molar-refractivity contribution in [2.45, 2.75) is 31.9 Å². The summed E-state index contributed by atoms with van der Waals surface area (Å²) in [7, 11) is 0. The first kappa shape index (κ1) is 17.2. The molecule has 3 aromatic rings. The fourth-order valence-corrected chi connectivity index (χ4v) is 4.02. The fraction of sp³-hybridized carbons (Fsp3) is 0.286. The number of rotatable bonds is 4. The molecule has 4 nitrogen and oxygen atoms in total. The third-order valence-corrected chi connectivity index (χ3v) is 5.50. The maximum Gasteiger partial charge on any atom is 0.410 e. The standard InChI is InChI=1S/C21H21BrN2O2/c22-17-8-9-20-19(12-17)16(13-23-20)11-18-7-4-10-24(18)21(25)26-14-15-5-2-1-3-6-15/h1-3,5-6,8-9,12-13,18,23H,4,7,10-11,14H2/t18-/m1/s1. The van der Waals surface area contributed by atoms with Gasteiger partial charge in [0, 0.05) is 34.2 Å². The topological polar surface area (TPSA) is 45.3 Å². The smallest absolute Gasteiger partial charge is 0.410 e. The van der Waals surface area contributed by atoms with E-state index in [0.717, 1.165) is 41.4 Å². The Kier molecular flexibility index (Phi) is 4.98. The summed E-state index contributed by atoms with van der Waals surface area (Å²) in [6.45, 7) is 1.09. The predicted octanol–water partition coefficient (Wildman–Crippen LogP) is 5.27. The average molecular weight is 413 g/mol. The molecule has 0 aliphatic carbocycles. The van der Waals surface area contributed by atoms with Crippen LogP contribution in [0.25, 0.3) is 10.9 Å². The van der Waals surface area contributed by atoms with E-state index in [9.17, 15) is 4.79 Å². The molecular formula is C21H21BrN2O2. The zero-order valence-corrected chi connectivity index (χ0v) is 16.0. The molecule has 1 N–H and O–H groups in total. The van der Waals surface area contributed by atoms with Crippen molar-refractivity contribution < 1.29 is 9.53 Å². The SMILES string of the molecule is O=C(OCc1ccccc1)N1CCC[C@@H]1Cc1c[nH]c2ccc(Br)cc12. The van der Waals surface area contributed by atoms with E-state index in [0.29, 0.717) is 6.61 Å². The van der Waals surface area contributed by atoms with E-state index in [1.54, 1.807) is 0 Å². The van der Waals surface area contributed by atoms with E-state index in [2.05, 4.69) is 39.2 Å². The van der Waals surface area contributed by atoms with Gasteiger partial charge in [-0.15, -0.1) is 0 Å². The molecule has 1 aliphatic heterocycles. The molecule has 0 radical (unpaired) electrons. The van der Waals surface area contributed by atoms with Crippen LogP contribution in [-0.2, 0) is 17.8 Å². The summed E-state index contributed by atoms with van der Waals surface area (Å²) in [6, 6.07) is 16.2. The maximum atomic E-state index is 12.6. The number of carbonyl (C=O) groups excluding carboxylic acids is 1. The Morgan fingerprint density at radius 3 is 2.92 bits per heavy atom. The molecule has 1 saturated heterocycles. The first-order chi connectivity index (χ1) is 12.7. The molecule has 2 aromatic carbocycles. The molecule has 4 rings (SSSR count). The second kappa shape index (κ2) is 7.54. The van der Waals surface area contributed by atoms with Gasteiger partial charge >= 0.3 is 6.09 Å². The Balaban J connectivity index is 1.44. The lowest BCUT2D eigenvalue weighted by molar-refractivity contribution is 0.0921. The number of nitrogens with one attached hydrogen (secondary N) is 1. The number of amides is 1. The summed E-state index contributed by atoms with van der Waals surface area (Å²) in [4.78, 5) is 17.8. The largest absolute Gasteiger partial charge is 0.445 e. The van der Waals surface area contributed by atoms with Crippen LogP contribution in [0.5, 0.6) is 0 Å². The van der Waals surface area contributed by atoms with Crippen molar-refractivity contribution in [3.05, 3.63) is 70.3 Å². The Hall–Kier alpha value is -2.27. The number of fused-ring (bicyclic) bond motifs is 1. The Morgan fingerprint density at radius 2 is 2.08 bits per heavy atom. The third kappa shape index (κ3) is 3.63. The van der Waals surface area contributed by atoms with E-state index >= 15 is 0 Å². The Morgan fingerprint density at radius 1 is 1.23 bits per heavy atom. The molecule has 1 aromatic heterocycles. The minimum atomic E-state index is -0.211. The van der Waals surface area contributed by atoms with Gasteiger partial charge in [0.05, 0.1) is 0 Å². The highest BCUT2D eigenvalue weighted by Gasteiger charge is 2.30. The van der Waals surface area contributed by atoms with E-state index in [4.69, 9.17) is 4.74 Å². The van der Waals surface area contributed by atoms with Crippen molar-refractivity contribution in [2.24, 2.45) is 0 Å². The van der Waals surface area contributed by atoms with Crippen LogP contribution in [0.2, 0.25) is 0 Å². The van der Waals surface area contributed by atoms with Crippen molar-refractivity contribution in [2.75, 3.05) is 6.54 Å². The van der Waals surface area contributed by atoms with Gasteiger partial charge in [0.15, 0.2) is 0 Å². The zero-order valence-electron chi connectivity index (χ0n) is 14.5. The summed E-state index contributed by atoms with van der Waals surface area (Å²) < 4.78 is 6.61. The van der Waals surface area contributed by atoms with Gasteiger partial charge in [0.1, 0.15) is 6.61 Å². The van der Waals surface area contributed by atoms with E-state index in [1.165, 1.54) is 10.9 Å². The number of hydrogen-bond acceptors (Lipinski definition) is 2. The first-order valence-electron chi connectivity index (χ1n) is 8.93. The number of halogens is 1. The van der Waals surface area contributed by atoms with Crippen LogP contribution in [0.15, 0.2) is 59.2 Å². The summed E-state index contributed by atoms with van der Waals surface area (Å²) in [6.07, 6.45) is 4.73. The number of aromatic nitrogens is 1. The molecule has 0 bridgehead atoms. The fourth-order valence-electron chi connectivity index (χ4n) is 3.66. The second-order valence-corrected chi connectivity index (χ2v) is 7.65. The Labute approximate surface area is 161 Å². The molecular weight excluding hydrogens is 392 g/mol. The maximum absolute atomic E-state index is 12.6. The molecule has 1 atom stereocenters. The van der Waals surface area contributed by atoms with E-state index in [-0.39, 0.29) is 12.1 Å². The monoisotopic (exact) mass is 412 g/mol. The first-order valence-corrected chi connectivity index (χ1v) is 9.73. The van der Waals surface area contributed by atoms with Gasteiger partial charge in [0.2, 0.25) is 0 Å². The summed E-state index contributed by atoms with van der Waals surface area (Å²) >= 11 is 3.54. The van der Waals surface area contributed by atoms with Crippen LogP contribution < -0.4 is 0 Å². The molecule has 1 fully saturated rings. The average Bonchev–Trinajstić information content (AvgIpc) is 3.28. The number of ether oxygens (including phenoxy) is 1. The highest BCUT2D eigenvalue weighted by atomic mass is 79.9. The van der Waals surface area contributed by atoms with Crippen molar-refractivity contribution in [1.29, 1.82) is 0 Å². The molecule has 1 amide bonds. The van der Waals surface area contributed by atoms with Gasteiger partial charge in [0.25, 0.3) is 0 Å². The molecule has 26 heavy (non-hydrogen) atoms. The third-order valence-electron chi connectivity index (χ3n) is 5.00. The van der Waals surface area contributed by atoms with Crippen LogP contribution in [-0.4, -0.2) is 28.6 Å². The van der Waals surface area contributed by atoms with Gasteiger partial charge < -0.3 is 14.6 Å². The number of carbonyl (C=O) groups is 1. The molecule has 0 spiro atoms. The Bertz CT molecular complexity index is 907. The molecule has 2 heterocycles. The number of nitrogens with zero attached hydrogens (tertiary/aromatic N) is 1. The van der Waals surface area contributed by atoms with Crippen LogP contribution in [0, 0.1) is 0 Å². The minimum absolute atomic E-state index is 0.191. The van der Waals surface area contributed by atoms with Gasteiger partial charge in [-0.25, -0.2) is 4.79 Å². The van der Waals surface area contributed by atoms with Crippen molar-refractivity contribution in [3.63, 3.8) is 0 Å². The second-order valence-electron chi connectivity index (χ2n) is 6.74. The summed E-state index contributed by atoms with van der Waals surface area (Å²) in [5.74, 6) is 0. The highest BCUT2D eigenvalue weighted by molar-refractivity contribution is 9.10.